The van der Waals surface area contributed by atoms with Gasteiger partial charge in [0.05, 0.1) is 0 Å². The monoisotopic (exact) mass is 196 g/mol. The molecule has 0 spiro atoms. The van der Waals surface area contributed by atoms with Crippen LogP contribution in [0.25, 0.3) is 6.08 Å². The molecule has 0 heterocycles. The fourth-order valence-corrected chi connectivity index (χ4v) is 1.46. The van der Waals surface area contributed by atoms with Crippen LogP contribution in [0, 0.1) is 0 Å². The minimum atomic E-state index is 0.185. The van der Waals surface area contributed by atoms with Gasteiger partial charge in [-0.15, -0.1) is 0 Å². The third kappa shape index (κ3) is 2.53. The van der Waals surface area contributed by atoms with Crippen LogP contribution >= 0.6 is 0 Å². The lowest BCUT2D eigenvalue weighted by Crippen LogP contribution is -2.00. The predicted molar refractivity (Wildman–Crippen MR) is 62.3 cm³/mol. The molecule has 2 rings (SSSR count). The standard InChI is InChI=1S/C14H12O/c15-14-9-5-4-8-13(14)11-10-12-6-2-1-3-7-12/h1-8,10-11H,9H2. The van der Waals surface area contributed by atoms with Crippen molar-refractivity contribution in [2.75, 3.05) is 0 Å². The summed E-state index contributed by atoms with van der Waals surface area (Å²) < 4.78 is 0. The van der Waals surface area contributed by atoms with Crippen LogP contribution in [0.1, 0.15) is 12.0 Å². The minimum Gasteiger partial charge on any atom is -0.294 e. The summed E-state index contributed by atoms with van der Waals surface area (Å²) in [6.45, 7) is 0. The lowest BCUT2D eigenvalue weighted by Gasteiger charge is -2.01. The molecule has 0 amide bonds. The number of carbonyl (C=O) groups excluding carboxylic acids is 1. The Morgan fingerprint density at radius 2 is 1.87 bits per heavy atom. The number of rotatable bonds is 2. The summed E-state index contributed by atoms with van der Waals surface area (Å²) in [5.41, 5.74) is 1.89. The van der Waals surface area contributed by atoms with Crippen molar-refractivity contribution in [3.8, 4) is 0 Å². The fourth-order valence-electron chi connectivity index (χ4n) is 1.46. The third-order valence-corrected chi connectivity index (χ3v) is 2.29. The van der Waals surface area contributed by atoms with Crippen molar-refractivity contribution in [2.24, 2.45) is 0 Å². The first-order valence-electron chi connectivity index (χ1n) is 4.99. The molecule has 0 saturated heterocycles. The van der Waals surface area contributed by atoms with Gasteiger partial charge in [-0.1, -0.05) is 60.7 Å². The summed E-state index contributed by atoms with van der Waals surface area (Å²) in [5.74, 6) is 0.185. The normalized spacial score (nSPS) is 15.7. The molecule has 0 fully saturated rings. The van der Waals surface area contributed by atoms with E-state index < -0.39 is 0 Å². The molecular formula is C14H12O. The summed E-state index contributed by atoms with van der Waals surface area (Å²) in [4.78, 5) is 11.4. The zero-order chi connectivity index (χ0) is 10.5. The van der Waals surface area contributed by atoms with Gasteiger partial charge in [-0.25, -0.2) is 0 Å². The second-order valence-electron chi connectivity index (χ2n) is 3.42. The molecule has 1 aromatic rings. The zero-order valence-corrected chi connectivity index (χ0v) is 8.39. The summed E-state index contributed by atoms with van der Waals surface area (Å²) in [5, 5.41) is 0. The zero-order valence-electron chi connectivity index (χ0n) is 8.39. The Morgan fingerprint density at radius 3 is 2.60 bits per heavy atom. The van der Waals surface area contributed by atoms with E-state index in [-0.39, 0.29) is 5.78 Å². The van der Waals surface area contributed by atoms with E-state index in [1.165, 1.54) is 0 Å². The van der Waals surface area contributed by atoms with Gasteiger partial charge >= 0.3 is 0 Å². The van der Waals surface area contributed by atoms with Gasteiger partial charge in [-0.3, -0.25) is 4.79 Å². The molecule has 0 N–H and O–H groups in total. The van der Waals surface area contributed by atoms with Crippen molar-refractivity contribution < 1.29 is 4.79 Å². The Morgan fingerprint density at radius 1 is 1.07 bits per heavy atom. The van der Waals surface area contributed by atoms with Crippen LogP contribution in [0.5, 0.6) is 0 Å². The number of benzene rings is 1. The maximum Gasteiger partial charge on any atom is 0.166 e. The maximum absolute atomic E-state index is 11.4. The molecule has 0 radical (unpaired) electrons. The molecule has 1 aliphatic carbocycles. The molecule has 1 heteroatoms. The lowest BCUT2D eigenvalue weighted by atomic mass is 10.0. The van der Waals surface area contributed by atoms with Crippen LogP contribution < -0.4 is 0 Å². The van der Waals surface area contributed by atoms with Crippen molar-refractivity contribution in [3.05, 3.63) is 65.8 Å². The summed E-state index contributed by atoms with van der Waals surface area (Å²) in [6.07, 6.45) is 10.0. The largest absolute Gasteiger partial charge is 0.294 e. The third-order valence-electron chi connectivity index (χ3n) is 2.29. The van der Waals surface area contributed by atoms with Gasteiger partial charge in [0.2, 0.25) is 0 Å². The highest BCUT2D eigenvalue weighted by Gasteiger charge is 2.05. The van der Waals surface area contributed by atoms with Crippen LogP contribution in [0.4, 0.5) is 0 Å². The van der Waals surface area contributed by atoms with Crippen molar-refractivity contribution in [3.63, 3.8) is 0 Å². The highest BCUT2D eigenvalue weighted by molar-refractivity contribution is 6.01. The van der Waals surface area contributed by atoms with Gasteiger partial charge in [0, 0.05) is 12.0 Å². The first-order chi connectivity index (χ1) is 7.36. The maximum atomic E-state index is 11.4. The van der Waals surface area contributed by atoms with Gasteiger partial charge in [-0.05, 0) is 5.56 Å². The van der Waals surface area contributed by atoms with E-state index in [0.29, 0.717) is 6.42 Å². The fraction of sp³-hybridized carbons (Fsp3) is 0.0714. The van der Waals surface area contributed by atoms with Crippen LogP contribution in [0.3, 0.4) is 0 Å². The lowest BCUT2D eigenvalue weighted by molar-refractivity contribution is -0.114. The SMILES string of the molecule is O=C1CC=CC=C1C=Cc1ccccc1. The number of hydrogen-bond donors (Lipinski definition) is 0. The van der Waals surface area contributed by atoms with Crippen molar-refractivity contribution in [1.82, 2.24) is 0 Å². The average Bonchev–Trinajstić information content (AvgIpc) is 2.29. The second-order valence-corrected chi connectivity index (χ2v) is 3.42. The Kier molecular flexibility index (Phi) is 2.93. The summed E-state index contributed by atoms with van der Waals surface area (Å²) in [7, 11) is 0. The molecule has 0 aliphatic heterocycles. The van der Waals surface area contributed by atoms with E-state index in [0.717, 1.165) is 11.1 Å². The Balaban J connectivity index is 2.15. The molecule has 1 nitrogen and oxygen atoms in total. The van der Waals surface area contributed by atoms with Crippen LogP contribution in [0.15, 0.2) is 60.2 Å². The van der Waals surface area contributed by atoms with E-state index in [1.807, 2.05) is 60.7 Å². The van der Waals surface area contributed by atoms with Crippen LogP contribution in [-0.4, -0.2) is 5.78 Å². The molecule has 0 atom stereocenters. The second kappa shape index (κ2) is 4.56. The van der Waals surface area contributed by atoms with E-state index in [4.69, 9.17) is 0 Å². The van der Waals surface area contributed by atoms with Gasteiger partial charge in [-0.2, -0.15) is 0 Å². The van der Waals surface area contributed by atoms with Crippen molar-refractivity contribution >= 4 is 11.9 Å². The summed E-state index contributed by atoms with van der Waals surface area (Å²) in [6, 6.07) is 9.97. The Hall–Kier alpha value is -1.89. The van der Waals surface area contributed by atoms with E-state index in [9.17, 15) is 4.79 Å². The van der Waals surface area contributed by atoms with E-state index in [2.05, 4.69) is 0 Å². The average molecular weight is 196 g/mol. The molecule has 0 bridgehead atoms. The topological polar surface area (TPSA) is 17.1 Å². The number of allylic oxidation sites excluding steroid dienone is 5. The van der Waals surface area contributed by atoms with Crippen molar-refractivity contribution in [1.29, 1.82) is 0 Å². The molecule has 1 aliphatic rings. The number of Topliss-reactive ketones (excluding diaryl/α,β-unsaturated/α-hetero) is 1. The summed E-state index contributed by atoms with van der Waals surface area (Å²) >= 11 is 0. The molecule has 0 aromatic heterocycles. The molecule has 74 valence electrons. The highest BCUT2D eigenvalue weighted by Crippen LogP contribution is 2.11. The smallest absolute Gasteiger partial charge is 0.166 e. The van der Waals surface area contributed by atoms with Crippen LogP contribution in [0.2, 0.25) is 0 Å². The van der Waals surface area contributed by atoms with Gasteiger partial charge in [0.15, 0.2) is 5.78 Å². The van der Waals surface area contributed by atoms with Crippen LogP contribution in [-0.2, 0) is 4.79 Å². The van der Waals surface area contributed by atoms with Crippen molar-refractivity contribution in [2.45, 2.75) is 6.42 Å². The first-order valence-corrected chi connectivity index (χ1v) is 4.99. The van der Waals surface area contributed by atoms with Gasteiger partial charge < -0.3 is 0 Å². The van der Waals surface area contributed by atoms with E-state index >= 15 is 0 Å². The molecule has 0 saturated carbocycles. The molecule has 0 unspecified atom stereocenters. The Labute approximate surface area is 89.4 Å². The highest BCUT2D eigenvalue weighted by atomic mass is 16.1. The van der Waals surface area contributed by atoms with E-state index in [1.54, 1.807) is 0 Å². The van der Waals surface area contributed by atoms with Gasteiger partial charge in [0.25, 0.3) is 0 Å². The Bertz CT molecular complexity index is 436. The first kappa shape index (κ1) is 9.66. The number of ketones is 1. The quantitative estimate of drug-likeness (QED) is 0.710. The van der Waals surface area contributed by atoms with Gasteiger partial charge in [0.1, 0.15) is 0 Å². The number of hydrogen-bond acceptors (Lipinski definition) is 1. The molecule has 15 heavy (non-hydrogen) atoms. The molecular weight excluding hydrogens is 184 g/mol. The predicted octanol–water partition coefficient (Wildman–Crippen LogP) is 3.16. The number of carbonyl (C=O) groups is 1. The minimum absolute atomic E-state index is 0.185. The molecule has 1 aromatic carbocycles.